The lowest BCUT2D eigenvalue weighted by atomic mass is 10.0. The van der Waals surface area contributed by atoms with Crippen LogP contribution < -0.4 is 4.89 Å². The number of hydrogen-bond acceptors (Lipinski definition) is 8. The number of esters is 2. The lowest BCUT2D eigenvalue weighted by molar-refractivity contribution is -0.870. The van der Waals surface area contributed by atoms with Gasteiger partial charge in [0.15, 0.2) is 6.10 Å². The fourth-order valence-electron chi connectivity index (χ4n) is 5.88. The minimum absolute atomic E-state index is 0.0287. The summed E-state index contributed by atoms with van der Waals surface area (Å²) < 4.78 is 33.9. The van der Waals surface area contributed by atoms with Crippen LogP contribution >= 0.6 is 7.82 Å². The highest BCUT2D eigenvalue weighted by Gasteiger charge is 2.21. The maximum atomic E-state index is 12.6. The van der Waals surface area contributed by atoms with Crippen molar-refractivity contribution in [3.05, 3.63) is 12.2 Å². The summed E-state index contributed by atoms with van der Waals surface area (Å²) >= 11 is 0. The molecule has 52 heavy (non-hydrogen) atoms. The maximum absolute atomic E-state index is 12.6. The molecule has 2 atom stereocenters. The number of unbranched alkanes of at least 4 members (excludes halogenated alkanes) is 23. The number of carbonyl (C=O) groups excluding carboxylic acids is 2. The van der Waals surface area contributed by atoms with Gasteiger partial charge in [-0.25, -0.2) is 0 Å². The van der Waals surface area contributed by atoms with Crippen molar-refractivity contribution in [1.82, 2.24) is 0 Å². The van der Waals surface area contributed by atoms with Crippen LogP contribution in [0.5, 0.6) is 0 Å². The van der Waals surface area contributed by atoms with E-state index in [0.717, 1.165) is 44.9 Å². The molecule has 9 nitrogen and oxygen atoms in total. The Morgan fingerprint density at radius 3 is 1.44 bits per heavy atom. The molecule has 0 spiro atoms. The van der Waals surface area contributed by atoms with Gasteiger partial charge in [-0.15, -0.1) is 0 Å². The van der Waals surface area contributed by atoms with E-state index in [1.807, 2.05) is 21.1 Å². The average molecular weight is 760 g/mol. The summed E-state index contributed by atoms with van der Waals surface area (Å²) in [5.74, 6) is -0.832. The lowest BCUT2D eigenvalue weighted by Crippen LogP contribution is -2.37. The molecule has 0 fully saturated rings. The van der Waals surface area contributed by atoms with E-state index in [9.17, 15) is 19.0 Å². The first-order chi connectivity index (χ1) is 25.0. The molecule has 0 radical (unpaired) electrons. The third-order valence-corrected chi connectivity index (χ3v) is 10.2. The van der Waals surface area contributed by atoms with Gasteiger partial charge >= 0.3 is 11.9 Å². The summed E-state index contributed by atoms with van der Waals surface area (Å²) in [6.45, 7) is 4.22. The fraction of sp³-hybridized carbons (Fsp3) is 0.905. The van der Waals surface area contributed by atoms with Gasteiger partial charge in [0.25, 0.3) is 7.82 Å². The number of nitrogens with zero attached hydrogens (tertiary/aromatic N) is 1. The van der Waals surface area contributed by atoms with Crippen LogP contribution in [0, 0.1) is 0 Å². The van der Waals surface area contributed by atoms with Crippen LogP contribution in [0.15, 0.2) is 12.2 Å². The van der Waals surface area contributed by atoms with Crippen molar-refractivity contribution in [3.8, 4) is 0 Å². The second-order valence-electron chi connectivity index (χ2n) is 15.7. The highest BCUT2D eigenvalue weighted by Crippen LogP contribution is 2.38. The van der Waals surface area contributed by atoms with E-state index < -0.39 is 26.5 Å². The molecule has 0 aromatic carbocycles. The number of likely N-dealkylation sites (N-methyl/N-ethyl adjacent to an activating group) is 1. The normalized spacial score (nSPS) is 13.7. The molecule has 0 heterocycles. The quantitative estimate of drug-likeness (QED) is 0.0200. The first-order valence-corrected chi connectivity index (χ1v) is 22.9. The molecule has 2 unspecified atom stereocenters. The number of carbonyl (C=O) groups is 2. The topological polar surface area (TPSA) is 111 Å². The summed E-state index contributed by atoms with van der Waals surface area (Å²) in [7, 11) is 1.17. The molecular formula is C42H82NO8P. The minimum Gasteiger partial charge on any atom is -0.756 e. The van der Waals surface area contributed by atoms with Crippen LogP contribution in [0.3, 0.4) is 0 Å². The van der Waals surface area contributed by atoms with Gasteiger partial charge in [-0.05, 0) is 38.5 Å². The Morgan fingerprint density at radius 1 is 0.577 bits per heavy atom. The molecule has 10 heteroatoms. The highest BCUT2D eigenvalue weighted by atomic mass is 31.2. The van der Waals surface area contributed by atoms with Crippen molar-refractivity contribution < 1.29 is 42.1 Å². The molecule has 0 bridgehead atoms. The Labute approximate surface area is 320 Å². The first kappa shape index (κ1) is 50.8. The van der Waals surface area contributed by atoms with Crippen LogP contribution in [-0.2, 0) is 32.7 Å². The van der Waals surface area contributed by atoms with E-state index in [-0.39, 0.29) is 32.0 Å². The van der Waals surface area contributed by atoms with Crippen LogP contribution in [-0.4, -0.2) is 70.0 Å². The van der Waals surface area contributed by atoms with E-state index in [4.69, 9.17) is 18.5 Å². The van der Waals surface area contributed by atoms with E-state index in [0.29, 0.717) is 17.4 Å². The van der Waals surface area contributed by atoms with E-state index in [2.05, 4.69) is 26.0 Å². The standard InChI is InChI=1S/C42H82NO8P/c1-6-8-10-12-14-16-18-20-21-23-25-27-29-31-33-35-42(45)51-40(39-50-52(46,47)49-37-36-43(3,4)5)38-48-41(44)34-32-30-28-26-24-22-19-17-15-13-11-9-7-2/h16,18,40H,6-15,17,19-39H2,1-5H3/b18-16-. The molecule has 0 aromatic rings. The minimum atomic E-state index is -4.62. The van der Waals surface area contributed by atoms with Gasteiger partial charge in [-0.2, -0.15) is 0 Å². The Kier molecular flexibility index (Phi) is 34.6. The van der Waals surface area contributed by atoms with Crippen molar-refractivity contribution in [2.24, 2.45) is 0 Å². The van der Waals surface area contributed by atoms with Gasteiger partial charge in [-0.1, -0.05) is 154 Å². The van der Waals surface area contributed by atoms with E-state index in [1.54, 1.807) is 0 Å². The molecule has 0 aliphatic carbocycles. The summed E-state index contributed by atoms with van der Waals surface area (Å²) in [4.78, 5) is 37.4. The summed E-state index contributed by atoms with van der Waals surface area (Å²) in [6.07, 6.45) is 35.1. The van der Waals surface area contributed by atoms with Gasteiger partial charge in [-0.3, -0.25) is 14.2 Å². The third-order valence-electron chi connectivity index (χ3n) is 9.29. The lowest BCUT2D eigenvalue weighted by Gasteiger charge is -2.28. The number of rotatable bonds is 39. The zero-order chi connectivity index (χ0) is 38.6. The number of phosphoric acid groups is 1. The van der Waals surface area contributed by atoms with Crippen LogP contribution in [0.1, 0.15) is 194 Å². The number of hydrogen-bond donors (Lipinski definition) is 0. The monoisotopic (exact) mass is 760 g/mol. The van der Waals surface area contributed by atoms with Gasteiger partial charge in [0.05, 0.1) is 27.7 Å². The first-order valence-electron chi connectivity index (χ1n) is 21.4. The molecular weight excluding hydrogens is 677 g/mol. The van der Waals surface area contributed by atoms with Crippen molar-refractivity contribution in [2.75, 3.05) is 47.5 Å². The van der Waals surface area contributed by atoms with Gasteiger partial charge in [0.2, 0.25) is 0 Å². The Hall–Kier alpha value is -1.25. The Morgan fingerprint density at radius 2 is 0.981 bits per heavy atom. The molecule has 0 aliphatic rings. The van der Waals surface area contributed by atoms with Gasteiger partial charge in [0.1, 0.15) is 19.8 Å². The van der Waals surface area contributed by atoms with E-state index in [1.165, 1.54) is 116 Å². The van der Waals surface area contributed by atoms with Gasteiger partial charge < -0.3 is 27.9 Å². The second-order valence-corrected chi connectivity index (χ2v) is 17.1. The van der Waals surface area contributed by atoms with Crippen molar-refractivity contribution in [1.29, 1.82) is 0 Å². The number of allylic oxidation sites excluding steroid dienone is 2. The van der Waals surface area contributed by atoms with E-state index >= 15 is 0 Å². The zero-order valence-corrected chi connectivity index (χ0v) is 35.4. The largest absolute Gasteiger partial charge is 0.756 e. The maximum Gasteiger partial charge on any atom is 0.306 e. The van der Waals surface area contributed by atoms with Crippen LogP contribution in [0.2, 0.25) is 0 Å². The Balaban J connectivity index is 4.36. The summed E-state index contributed by atoms with van der Waals surface area (Å²) in [5.41, 5.74) is 0. The summed E-state index contributed by atoms with van der Waals surface area (Å²) in [5, 5.41) is 0. The number of phosphoric ester groups is 1. The molecule has 0 saturated heterocycles. The molecule has 0 saturated carbocycles. The van der Waals surface area contributed by atoms with Crippen LogP contribution in [0.25, 0.3) is 0 Å². The fourth-order valence-corrected chi connectivity index (χ4v) is 6.61. The smallest absolute Gasteiger partial charge is 0.306 e. The second kappa shape index (κ2) is 35.5. The number of ether oxygens (including phenoxy) is 2. The van der Waals surface area contributed by atoms with Gasteiger partial charge in [0, 0.05) is 12.8 Å². The zero-order valence-electron chi connectivity index (χ0n) is 34.5. The molecule has 308 valence electrons. The molecule has 0 rings (SSSR count). The van der Waals surface area contributed by atoms with Crippen molar-refractivity contribution in [3.63, 3.8) is 0 Å². The summed E-state index contributed by atoms with van der Waals surface area (Å²) in [6, 6.07) is 0. The molecule has 0 aliphatic heterocycles. The average Bonchev–Trinajstić information content (AvgIpc) is 3.09. The van der Waals surface area contributed by atoms with Crippen molar-refractivity contribution in [2.45, 2.75) is 200 Å². The predicted octanol–water partition coefficient (Wildman–Crippen LogP) is 11.2. The highest BCUT2D eigenvalue weighted by molar-refractivity contribution is 7.45. The molecule has 0 aromatic heterocycles. The Bertz CT molecular complexity index is 907. The third kappa shape index (κ3) is 38.5. The SMILES string of the molecule is CCCCCC/C=C\CCCCCCCCCC(=O)OC(COC(=O)CCCCCCCCCCCCCCC)COP(=O)([O-])OCC[N+](C)(C)C. The number of quaternary nitrogens is 1. The molecule has 0 amide bonds. The predicted molar refractivity (Wildman–Crippen MR) is 213 cm³/mol. The van der Waals surface area contributed by atoms with Crippen molar-refractivity contribution >= 4 is 19.8 Å². The van der Waals surface area contributed by atoms with Crippen LogP contribution in [0.4, 0.5) is 0 Å². The molecule has 0 N–H and O–H groups in total.